The highest BCUT2D eigenvalue weighted by molar-refractivity contribution is 5.94. The molecule has 4 rings (SSSR count). The second-order valence-electron chi connectivity index (χ2n) is 6.07. The number of halogens is 3. The molecule has 0 aromatic heterocycles. The molecule has 116 valence electrons. The Morgan fingerprint density at radius 2 is 1.48 bits per heavy atom. The molecule has 3 aromatic rings. The van der Waals surface area contributed by atoms with Crippen LogP contribution in [-0.4, -0.2) is 0 Å². The van der Waals surface area contributed by atoms with Gasteiger partial charge in [-0.3, -0.25) is 0 Å². The first-order valence-electron chi connectivity index (χ1n) is 7.74. The standard InChI is InChI=1S/C20H15F3/c21-20(22,23)17-12-15-8-4-5-9-16(15)18(14-10-11-14)19(17)13-6-2-1-3-7-13/h1-9,12,14H,10-11H2. The molecule has 3 heteroatoms. The second kappa shape index (κ2) is 5.12. The molecule has 0 aliphatic heterocycles. The van der Waals surface area contributed by atoms with Gasteiger partial charge in [0.15, 0.2) is 0 Å². The molecule has 3 aromatic carbocycles. The van der Waals surface area contributed by atoms with E-state index in [-0.39, 0.29) is 5.92 Å². The van der Waals surface area contributed by atoms with Gasteiger partial charge in [0.2, 0.25) is 0 Å². The minimum absolute atomic E-state index is 0.234. The number of rotatable bonds is 2. The molecule has 1 aliphatic carbocycles. The maximum atomic E-state index is 13.7. The van der Waals surface area contributed by atoms with Crippen LogP contribution in [0.2, 0.25) is 0 Å². The van der Waals surface area contributed by atoms with E-state index in [1.54, 1.807) is 36.4 Å². The van der Waals surface area contributed by atoms with Gasteiger partial charge in [-0.15, -0.1) is 0 Å². The van der Waals surface area contributed by atoms with E-state index in [1.807, 2.05) is 18.2 Å². The largest absolute Gasteiger partial charge is 0.417 e. The summed E-state index contributed by atoms with van der Waals surface area (Å²) in [6.07, 6.45) is -2.44. The highest BCUT2D eigenvalue weighted by Crippen LogP contribution is 2.51. The van der Waals surface area contributed by atoms with Crippen LogP contribution in [-0.2, 0) is 6.18 Å². The van der Waals surface area contributed by atoms with Crippen molar-refractivity contribution in [3.8, 4) is 11.1 Å². The molecular weight excluding hydrogens is 297 g/mol. The van der Waals surface area contributed by atoms with E-state index >= 15 is 0 Å². The van der Waals surface area contributed by atoms with E-state index in [1.165, 1.54) is 6.07 Å². The van der Waals surface area contributed by atoms with Crippen LogP contribution in [0.4, 0.5) is 13.2 Å². The molecule has 0 heterocycles. The van der Waals surface area contributed by atoms with Crippen molar-refractivity contribution in [3.05, 3.63) is 71.8 Å². The first-order valence-corrected chi connectivity index (χ1v) is 7.74. The summed E-state index contributed by atoms with van der Waals surface area (Å²) >= 11 is 0. The van der Waals surface area contributed by atoms with E-state index in [0.29, 0.717) is 16.5 Å². The summed E-state index contributed by atoms with van der Waals surface area (Å²) in [5.41, 5.74) is 1.35. The third kappa shape index (κ3) is 2.50. The molecule has 0 spiro atoms. The van der Waals surface area contributed by atoms with Crippen LogP contribution >= 0.6 is 0 Å². The summed E-state index contributed by atoms with van der Waals surface area (Å²) in [5, 5.41) is 1.61. The van der Waals surface area contributed by atoms with Crippen molar-refractivity contribution in [2.24, 2.45) is 0 Å². The molecule has 0 amide bonds. The average molecular weight is 312 g/mol. The van der Waals surface area contributed by atoms with Gasteiger partial charge >= 0.3 is 6.18 Å². The van der Waals surface area contributed by atoms with Crippen LogP contribution in [0.25, 0.3) is 21.9 Å². The van der Waals surface area contributed by atoms with Crippen molar-refractivity contribution < 1.29 is 13.2 Å². The number of alkyl halides is 3. The minimum Gasteiger partial charge on any atom is -0.166 e. The zero-order valence-corrected chi connectivity index (χ0v) is 12.4. The third-order valence-corrected chi connectivity index (χ3v) is 4.44. The highest BCUT2D eigenvalue weighted by Gasteiger charge is 2.38. The Hall–Kier alpha value is -2.29. The summed E-state index contributed by atoms with van der Waals surface area (Å²) in [5.74, 6) is 0.234. The van der Waals surface area contributed by atoms with Crippen molar-refractivity contribution in [2.45, 2.75) is 24.9 Å². The molecule has 0 N–H and O–H groups in total. The predicted molar refractivity (Wildman–Crippen MR) is 86.4 cm³/mol. The van der Waals surface area contributed by atoms with E-state index in [9.17, 15) is 13.2 Å². The van der Waals surface area contributed by atoms with Crippen molar-refractivity contribution in [3.63, 3.8) is 0 Å². The molecule has 0 atom stereocenters. The Bertz CT molecular complexity index is 859. The van der Waals surface area contributed by atoms with Gasteiger partial charge in [-0.1, -0.05) is 54.6 Å². The summed E-state index contributed by atoms with van der Waals surface area (Å²) < 4.78 is 41.2. The van der Waals surface area contributed by atoms with Gasteiger partial charge in [-0.2, -0.15) is 13.2 Å². The van der Waals surface area contributed by atoms with Gasteiger partial charge in [0, 0.05) is 0 Å². The van der Waals surface area contributed by atoms with Gasteiger partial charge in [-0.25, -0.2) is 0 Å². The van der Waals surface area contributed by atoms with Crippen LogP contribution < -0.4 is 0 Å². The molecule has 0 saturated heterocycles. The zero-order chi connectivity index (χ0) is 16.0. The van der Waals surface area contributed by atoms with Crippen molar-refractivity contribution in [2.75, 3.05) is 0 Å². The first kappa shape index (κ1) is 14.3. The topological polar surface area (TPSA) is 0 Å². The molecule has 1 saturated carbocycles. The first-order chi connectivity index (χ1) is 11.1. The van der Waals surface area contributed by atoms with Crippen LogP contribution in [0, 0.1) is 0 Å². The molecule has 23 heavy (non-hydrogen) atoms. The summed E-state index contributed by atoms with van der Waals surface area (Å²) in [4.78, 5) is 0. The Kier molecular flexibility index (Phi) is 3.19. The van der Waals surface area contributed by atoms with Crippen molar-refractivity contribution >= 4 is 10.8 Å². The van der Waals surface area contributed by atoms with Crippen LogP contribution in [0.15, 0.2) is 60.7 Å². The van der Waals surface area contributed by atoms with Gasteiger partial charge in [0.25, 0.3) is 0 Å². The molecular formula is C20H15F3. The molecule has 0 nitrogen and oxygen atoms in total. The van der Waals surface area contributed by atoms with E-state index in [2.05, 4.69) is 0 Å². The molecule has 1 fully saturated rings. The Labute approximate surface area is 132 Å². The van der Waals surface area contributed by atoms with Crippen molar-refractivity contribution in [1.29, 1.82) is 0 Å². The second-order valence-corrected chi connectivity index (χ2v) is 6.07. The predicted octanol–water partition coefficient (Wildman–Crippen LogP) is 6.40. The summed E-state index contributed by atoms with van der Waals surface area (Å²) in [6, 6.07) is 17.6. The Balaban J connectivity index is 2.14. The fourth-order valence-corrected chi connectivity index (χ4v) is 3.31. The van der Waals surface area contributed by atoms with Crippen LogP contribution in [0.1, 0.15) is 29.9 Å². The van der Waals surface area contributed by atoms with Gasteiger partial charge in [0.1, 0.15) is 0 Å². The molecule has 0 radical (unpaired) electrons. The Morgan fingerprint density at radius 3 is 2.13 bits per heavy atom. The quantitative estimate of drug-likeness (QED) is 0.513. The van der Waals surface area contributed by atoms with Crippen LogP contribution in [0.3, 0.4) is 0 Å². The van der Waals surface area contributed by atoms with E-state index in [0.717, 1.165) is 23.8 Å². The smallest absolute Gasteiger partial charge is 0.166 e. The number of fused-ring (bicyclic) bond motifs is 1. The minimum atomic E-state index is -4.36. The molecule has 0 bridgehead atoms. The zero-order valence-electron chi connectivity index (χ0n) is 12.4. The third-order valence-electron chi connectivity index (χ3n) is 4.44. The lowest BCUT2D eigenvalue weighted by atomic mass is 9.87. The Morgan fingerprint density at radius 1 is 0.826 bits per heavy atom. The normalized spacial score (nSPS) is 15.1. The fourth-order valence-electron chi connectivity index (χ4n) is 3.31. The van der Waals surface area contributed by atoms with E-state index in [4.69, 9.17) is 0 Å². The monoisotopic (exact) mass is 312 g/mol. The maximum Gasteiger partial charge on any atom is 0.417 e. The SMILES string of the molecule is FC(F)(F)c1cc2ccccc2c(C2CC2)c1-c1ccccc1. The lowest BCUT2D eigenvalue weighted by molar-refractivity contribution is -0.137. The number of hydrogen-bond acceptors (Lipinski definition) is 0. The highest BCUT2D eigenvalue weighted by atomic mass is 19.4. The lowest BCUT2D eigenvalue weighted by Crippen LogP contribution is -2.09. The van der Waals surface area contributed by atoms with Gasteiger partial charge in [0.05, 0.1) is 5.56 Å². The van der Waals surface area contributed by atoms with Gasteiger partial charge in [-0.05, 0) is 52.3 Å². The fraction of sp³-hybridized carbons (Fsp3) is 0.200. The summed E-state index contributed by atoms with van der Waals surface area (Å²) in [7, 11) is 0. The van der Waals surface area contributed by atoms with Crippen LogP contribution in [0.5, 0.6) is 0 Å². The summed E-state index contributed by atoms with van der Waals surface area (Å²) in [6.45, 7) is 0. The average Bonchev–Trinajstić information content (AvgIpc) is 3.38. The molecule has 0 unspecified atom stereocenters. The maximum absolute atomic E-state index is 13.7. The van der Waals surface area contributed by atoms with Crippen molar-refractivity contribution in [1.82, 2.24) is 0 Å². The number of benzene rings is 3. The van der Waals surface area contributed by atoms with Gasteiger partial charge < -0.3 is 0 Å². The van der Waals surface area contributed by atoms with E-state index < -0.39 is 11.7 Å². The lowest BCUT2D eigenvalue weighted by Gasteiger charge is -2.20. The molecule has 1 aliphatic rings. The number of hydrogen-bond donors (Lipinski definition) is 0.